The van der Waals surface area contributed by atoms with Crippen LogP contribution in [0.2, 0.25) is 0 Å². The van der Waals surface area contributed by atoms with Crippen molar-refractivity contribution in [2.45, 2.75) is 24.3 Å². The summed E-state index contributed by atoms with van der Waals surface area (Å²) < 4.78 is 50.9. The molecule has 0 saturated carbocycles. The monoisotopic (exact) mass is 322 g/mol. The van der Waals surface area contributed by atoms with Gasteiger partial charge in [0, 0.05) is 12.1 Å². The number of rotatable bonds is 6. The van der Waals surface area contributed by atoms with Crippen LogP contribution in [0.1, 0.15) is 13.8 Å². The van der Waals surface area contributed by atoms with Gasteiger partial charge < -0.3 is 5.11 Å². The summed E-state index contributed by atoms with van der Waals surface area (Å²) in [7, 11) is -7.37. The molecule has 0 radical (unpaired) electrons. The van der Waals surface area contributed by atoms with Crippen molar-refractivity contribution in [1.82, 2.24) is 9.44 Å². The summed E-state index contributed by atoms with van der Waals surface area (Å²) in [5, 5.41) is 9.53. The lowest BCUT2D eigenvalue weighted by atomic mass is 10.1. The maximum absolute atomic E-state index is 12.0. The molecule has 0 aromatic heterocycles. The van der Waals surface area contributed by atoms with Gasteiger partial charge in [-0.1, -0.05) is 12.1 Å². The summed E-state index contributed by atoms with van der Waals surface area (Å²) >= 11 is 0. The molecule has 1 aromatic rings. The molecule has 0 heterocycles. The van der Waals surface area contributed by atoms with Gasteiger partial charge in [0.25, 0.3) is 0 Å². The van der Waals surface area contributed by atoms with Crippen molar-refractivity contribution >= 4 is 20.0 Å². The molecule has 0 aliphatic rings. The van der Waals surface area contributed by atoms with Gasteiger partial charge in [0.2, 0.25) is 20.0 Å². The number of phenolic OH excluding ortho intramolecular Hbond substituents is 1. The van der Waals surface area contributed by atoms with Crippen LogP contribution in [0.5, 0.6) is 5.75 Å². The number of para-hydroxylation sites is 1. The van der Waals surface area contributed by atoms with Crippen LogP contribution in [-0.2, 0) is 20.0 Å². The number of phenols is 1. The molecule has 9 heteroatoms. The smallest absolute Gasteiger partial charge is 0.244 e. The van der Waals surface area contributed by atoms with Crippen LogP contribution in [0.15, 0.2) is 29.2 Å². The van der Waals surface area contributed by atoms with Crippen LogP contribution < -0.4 is 9.44 Å². The van der Waals surface area contributed by atoms with Gasteiger partial charge in [0.1, 0.15) is 10.6 Å². The van der Waals surface area contributed by atoms with E-state index in [2.05, 4.69) is 9.44 Å². The Labute approximate surface area is 119 Å². The van der Waals surface area contributed by atoms with Gasteiger partial charge in [0.15, 0.2) is 0 Å². The maximum atomic E-state index is 12.0. The Morgan fingerprint density at radius 1 is 1.15 bits per heavy atom. The van der Waals surface area contributed by atoms with E-state index in [9.17, 15) is 21.9 Å². The highest BCUT2D eigenvalue weighted by Crippen LogP contribution is 2.21. The minimum atomic E-state index is -3.91. The Hall–Kier alpha value is -1.16. The number of aromatic hydroxyl groups is 1. The van der Waals surface area contributed by atoms with Gasteiger partial charge in [-0.3, -0.25) is 0 Å². The molecule has 114 valence electrons. The van der Waals surface area contributed by atoms with Gasteiger partial charge in [0.05, 0.1) is 6.26 Å². The molecule has 0 amide bonds. The first-order valence-electron chi connectivity index (χ1n) is 5.70. The van der Waals surface area contributed by atoms with Crippen LogP contribution in [-0.4, -0.2) is 40.3 Å². The SMILES string of the molecule is CC(C)(CNS(=O)(=O)c1ccccc1O)NS(C)(=O)=O. The fraction of sp³-hybridized carbons (Fsp3) is 0.455. The van der Waals surface area contributed by atoms with Crippen molar-refractivity contribution in [3.8, 4) is 5.75 Å². The van der Waals surface area contributed by atoms with Gasteiger partial charge in [-0.2, -0.15) is 0 Å². The second kappa shape index (κ2) is 5.68. The van der Waals surface area contributed by atoms with E-state index >= 15 is 0 Å². The second-order valence-electron chi connectivity index (χ2n) is 5.05. The quantitative estimate of drug-likeness (QED) is 0.682. The Bertz CT molecular complexity index is 681. The molecule has 0 fully saturated rings. The average Bonchev–Trinajstić information content (AvgIpc) is 2.24. The highest BCUT2D eigenvalue weighted by Gasteiger charge is 2.26. The van der Waals surface area contributed by atoms with Crippen molar-refractivity contribution in [2.75, 3.05) is 12.8 Å². The number of benzene rings is 1. The summed E-state index contributed by atoms with van der Waals surface area (Å²) in [5.41, 5.74) is -0.995. The van der Waals surface area contributed by atoms with E-state index in [0.717, 1.165) is 6.26 Å². The van der Waals surface area contributed by atoms with E-state index in [-0.39, 0.29) is 17.2 Å². The van der Waals surface area contributed by atoms with Crippen LogP contribution >= 0.6 is 0 Å². The maximum Gasteiger partial charge on any atom is 0.244 e. The lowest BCUT2D eigenvalue weighted by Crippen LogP contribution is -2.50. The largest absolute Gasteiger partial charge is 0.507 e. The van der Waals surface area contributed by atoms with Gasteiger partial charge in [-0.05, 0) is 26.0 Å². The van der Waals surface area contributed by atoms with Crippen LogP contribution in [0.3, 0.4) is 0 Å². The third-order valence-corrected chi connectivity index (χ3v) is 4.69. The van der Waals surface area contributed by atoms with Crippen molar-refractivity contribution in [3.63, 3.8) is 0 Å². The van der Waals surface area contributed by atoms with Crippen molar-refractivity contribution in [3.05, 3.63) is 24.3 Å². The predicted molar refractivity (Wildman–Crippen MR) is 75.4 cm³/mol. The van der Waals surface area contributed by atoms with E-state index in [1.54, 1.807) is 13.8 Å². The van der Waals surface area contributed by atoms with Crippen LogP contribution in [0, 0.1) is 0 Å². The van der Waals surface area contributed by atoms with Crippen LogP contribution in [0.4, 0.5) is 0 Å². The minimum absolute atomic E-state index is 0.156. The Morgan fingerprint density at radius 2 is 1.70 bits per heavy atom. The lowest BCUT2D eigenvalue weighted by molar-refractivity contribution is 0.440. The number of nitrogens with one attached hydrogen (secondary N) is 2. The molecular weight excluding hydrogens is 304 g/mol. The molecular formula is C11H18N2O5S2. The Morgan fingerprint density at radius 3 is 2.20 bits per heavy atom. The molecule has 1 aromatic carbocycles. The van der Waals surface area contributed by atoms with E-state index in [0.29, 0.717) is 0 Å². The van der Waals surface area contributed by atoms with Crippen LogP contribution in [0.25, 0.3) is 0 Å². The van der Waals surface area contributed by atoms with Gasteiger partial charge in [-0.15, -0.1) is 0 Å². The zero-order valence-corrected chi connectivity index (χ0v) is 13.0. The van der Waals surface area contributed by atoms with E-state index in [1.807, 2.05) is 0 Å². The number of hydrogen-bond acceptors (Lipinski definition) is 5. The molecule has 0 aliphatic carbocycles. The second-order valence-corrected chi connectivity index (χ2v) is 8.53. The molecule has 0 saturated heterocycles. The molecule has 0 atom stereocenters. The van der Waals surface area contributed by atoms with Gasteiger partial charge in [-0.25, -0.2) is 26.3 Å². The standard InChI is InChI=1S/C11H18N2O5S2/c1-11(2,13-19(3,15)16)8-12-20(17,18)10-7-5-4-6-9(10)14/h4-7,12-14H,8H2,1-3H3. The summed E-state index contributed by atoms with van der Waals surface area (Å²) in [6.45, 7) is 2.93. The molecule has 7 nitrogen and oxygen atoms in total. The molecule has 0 aliphatic heterocycles. The average molecular weight is 322 g/mol. The molecule has 0 bridgehead atoms. The minimum Gasteiger partial charge on any atom is -0.507 e. The summed E-state index contributed by atoms with van der Waals surface area (Å²) in [6.07, 6.45) is 0.992. The molecule has 0 unspecified atom stereocenters. The molecule has 1 rings (SSSR count). The normalized spacial score (nSPS) is 13.3. The van der Waals surface area contributed by atoms with E-state index in [4.69, 9.17) is 0 Å². The van der Waals surface area contributed by atoms with Crippen molar-refractivity contribution < 1.29 is 21.9 Å². The van der Waals surface area contributed by atoms with E-state index in [1.165, 1.54) is 24.3 Å². The molecule has 3 N–H and O–H groups in total. The number of sulfonamides is 2. The van der Waals surface area contributed by atoms with E-state index < -0.39 is 25.6 Å². The summed E-state index contributed by atoms with van der Waals surface area (Å²) in [6, 6.07) is 5.50. The lowest BCUT2D eigenvalue weighted by Gasteiger charge is -2.25. The van der Waals surface area contributed by atoms with Gasteiger partial charge >= 0.3 is 0 Å². The first-order valence-corrected chi connectivity index (χ1v) is 9.07. The van der Waals surface area contributed by atoms with Crippen molar-refractivity contribution in [1.29, 1.82) is 0 Å². The zero-order valence-electron chi connectivity index (χ0n) is 11.4. The Kier molecular flexibility index (Phi) is 4.80. The molecule has 20 heavy (non-hydrogen) atoms. The highest BCUT2D eigenvalue weighted by molar-refractivity contribution is 7.89. The third-order valence-electron chi connectivity index (χ3n) is 2.32. The first kappa shape index (κ1) is 16.9. The third kappa shape index (κ3) is 5.08. The molecule has 0 spiro atoms. The summed E-state index contributed by atoms with van der Waals surface area (Å²) in [5.74, 6) is -0.367. The zero-order chi connectivity index (χ0) is 15.6. The topological polar surface area (TPSA) is 113 Å². The number of hydrogen-bond donors (Lipinski definition) is 3. The first-order chi connectivity index (χ1) is 8.93. The fourth-order valence-electron chi connectivity index (χ4n) is 1.58. The highest BCUT2D eigenvalue weighted by atomic mass is 32.2. The fourth-order valence-corrected chi connectivity index (χ4v) is 3.96. The Balaban J connectivity index is 2.87. The predicted octanol–water partition coefficient (Wildman–Crippen LogP) is -0.00170. The van der Waals surface area contributed by atoms with Crippen molar-refractivity contribution in [2.24, 2.45) is 0 Å². The summed E-state index contributed by atoms with van der Waals surface area (Å²) in [4.78, 5) is -0.254.